The van der Waals surface area contributed by atoms with E-state index < -0.39 is 0 Å². The van der Waals surface area contributed by atoms with E-state index in [4.69, 9.17) is 9.68 Å². The van der Waals surface area contributed by atoms with E-state index in [1.54, 1.807) is 53.3 Å². The lowest BCUT2D eigenvalue weighted by atomic mass is 10.2. The van der Waals surface area contributed by atoms with Gasteiger partial charge >= 0.3 is 0 Å². The average molecular weight is 376 g/mol. The maximum atomic E-state index is 14.5. The molecule has 0 fully saturated rings. The van der Waals surface area contributed by atoms with Crippen LogP contribution in [0.3, 0.4) is 0 Å². The zero-order chi connectivity index (χ0) is 18.6. The van der Waals surface area contributed by atoms with Crippen molar-refractivity contribution in [3.05, 3.63) is 83.9 Å². The third-order valence-corrected chi connectivity index (χ3v) is 4.92. The highest BCUT2D eigenvalue weighted by molar-refractivity contribution is 7.98. The van der Waals surface area contributed by atoms with Crippen LogP contribution in [0, 0.1) is 17.1 Å². The average Bonchev–Trinajstić information content (AvgIpc) is 3.37. The first-order valence-electron chi connectivity index (χ1n) is 8.12. The largest absolute Gasteiger partial charge is 0.461 e. The Morgan fingerprint density at radius 2 is 1.85 bits per heavy atom. The van der Waals surface area contributed by atoms with Crippen molar-refractivity contribution >= 4 is 11.8 Å². The number of hydrogen-bond donors (Lipinski definition) is 0. The van der Waals surface area contributed by atoms with Crippen molar-refractivity contribution in [1.82, 2.24) is 14.8 Å². The summed E-state index contributed by atoms with van der Waals surface area (Å²) < 4.78 is 21.5. The maximum Gasteiger partial charge on any atom is 0.205 e. The van der Waals surface area contributed by atoms with Gasteiger partial charge in [-0.15, -0.1) is 10.2 Å². The molecule has 0 aliphatic rings. The molecule has 2 heterocycles. The highest BCUT2D eigenvalue weighted by Crippen LogP contribution is 2.30. The van der Waals surface area contributed by atoms with E-state index in [-0.39, 0.29) is 5.82 Å². The molecule has 5 nitrogen and oxygen atoms in total. The summed E-state index contributed by atoms with van der Waals surface area (Å²) in [5.74, 6) is 1.19. The van der Waals surface area contributed by atoms with E-state index >= 15 is 0 Å². The van der Waals surface area contributed by atoms with Crippen molar-refractivity contribution < 1.29 is 8.81 Å². The Bertz CT molecular complexity index is 1100. The highest BCUT2D eigenvalue weighted by Gasteiger charge is 2.20. The van der Waals surface area contributed by atoms with Crippen LogP contribution in [0.25, 0.3) is 17.3 Å². The Balaban J connectivity index is 1.70. The number of benzene rings is 2. The van der Waals surface area contributed by atoms with E-state index in [0.717, 1.165) is 5.56 Å². The van der Waals surface area contributed by atoms with Crippen LogP contribution in [0.15, 0.2) is 76.5 Å². The Hall–Kier alpha value is -3.37. The molecule has 4 rings (SSSR count). The smallest absolute Gasteiger partial charge is 0.205 e. The van der Waals surface area contributed by atoms with Crippen LogP contribution in [0.4, 0.5) is 4.39 Å². The lowest BCUT2D eigenvalue weighted by Gasteiger charge is -2.10. The van der Waals surface area contributed by atoms with Crippen LogP contribution in [0.5, 0.6) is 0 Å². The molecule has 4 aromatic rings. The van der Waals surface area contributed by atoms with Crippen LogP contribution in [0.1, 0.15) is 11.1 Å². The molecule has 0 N–H and O–H groups in total. The Kier molecular flexibility index (Phi) is 4.73. The molecular formula is C20H13FN4OS. The molecule has 0 saturated heterocycles. The van der Waals surface area contributed by atoms with Crippen molar-refractivity contribution in [3.8, 4) is 23.3 Å². The van der Waals surface area contributed by atoms with E-state index in [2.05, 4.69) is 16.3 Å². The number of para-hydroxylation sites is 1. The number of halogens is 1. The van der Waals surface area contributed by atoms with Gasteiger partial charge in [-0.3, -0.25) is 4.57 Å². The number of furan rings is 1. The van der Waals surface area contributed by atoms with E-state index in [9.17, 15) is 4.39 Å². The van der Waals surface area contributed by atoms with Crippen LogP contribution >= 0.6 is 11.8 Å². The first kappa shape index (κ1) is 17.1. The minimum atomic E-state index is -0.370. The summed E-state index contributed by atoms with van der Waals surface area (Å²) in [6, 6.07) is 19.4. The second kappa shape index (κ2) is 7.48. The molecule has 0 saturated carbocycles. The van der Waals surface area contributed by atoms with Crippen LogP contribution in [-0.4, -0.2) is 14.8 Å². The monoisotopic (exact) mass is 376 g/mol. The molecule has 2 aromatic carbocycles. The Labute approximate surface area is 159 Å². The van der Waals surface area contributed by atoms with Gasteiger partial charge in [0.15, 0.2) is 10.9 Å². The van der Waals surface area contributed by atoms with E-state index in [0.29, 0.717) is 33.7 Å². The van der Waals surface area contributed by atoms with E-state index in [1.807, 2.05) is 12.1 Å². The molecule has 0 amide bonds. The molecule has 0 bridgehead atoms. The van der Waals surface area contributed by atoms with Crippen molar-refractivity contribution in [2.45, 2.75) is 10.9 Å². The van der Waals surface area contributed by atoms with Gasteiger partial charge in [0, 0.05) is 5.75 Å². The standard InChI is InChI=1S/C20H13FN4OS/c21-16-4-1-2-5-17(16)25-19(18-6-3-11-26-18)23-24-20(25)27-13-15-9-7-14(12-22)8-10-15/h1-11H,13H2. The second-order valence-electron chi connectivity index (χ2n) is 5.67. The fraction of sp³-hybridized carbons (Fsp3) is 0.0500. The number of nitrogens with zero attached hydrogens (tertiary/aromatic N) is 4. The molecular weight excluding hydrogens is 363 g/mol. The van der Waals surface area contributed by atoms with Gasteiger partial charge in [-0.2, -0.15) is 5.26 Å². The number of hydrogen-bond acceptors (Lipinski definition) is 5. The van der Waals surface area contributed by atoms with Gasteiger partial charge in [-0.05, 0) is 42.0 Å². The van der Waals surface area contributed by atoms with Gasteiger partial charge in [-0.1, -0.05) is 36.0 Å². The molecule has 27 heavy (non-hydrogen) atoms. The summed E-state index contributed by atoms with van der Waals surface area (Å²) in [4.78, 5) is 0. The van der Waals surface area contributed by atoms with Gasteiger partial charge in [0.2, 0.25) is 5.82 Å². The molecule has 7 heteroatoms. The highest BCUT2D eigenvalue weighted by atomic mass is 32.2. The summed E-state index contributed by atoms with van der Waals surface area (Å²) in [5.41, 5.74) is 2.00. The first-order chi connectivity index (χ1) is 13.3. The minimum absolute atomic E-state index is 0.358. The predicted octanol–water partition coefficient (Wildman–Crippen LogP) is 4.83. The van der Waals surface area contributed by atoms with E-state index in [1.165, 1.54) is 17.8 Å². The molecule has 2 aromatic heterocycles. The zero-order valence-electron chi connectivity index (χ0n) is 14.0. The normalized spacial score (nSPS) is 10.7. The van der Waals surface area contributed by atoms with Gasteiger partial charge in [0.05, 0.1) is 23.6 Å². The minimum Gasteiger partial charge on any atom is -0.461 e. The lowest BCUT2D eigenvalue weighted by molar-refractivity contribution is 0.572. The topological polar surface area (TPSA) is 67.6 Å². The zero-order valence-corrected chi connectivity index (χ0v) is 14.9. The molecule has 0 aliphatic heterocycles. The van der Waals surface area contributed by atoms with Crippen LogP contribution in [0.2, 0.25) is 0 Å². The number of thioether (sulfide) groups is 1. The molecule has 0 atom stereocenters. The molecule has 0 unspecified atom stereocenters. The predicted molar refractivity (Wildman–Crippen MR) is 99.7 cm³/mol. The maximum absolute atomic E-state index is 14.5. The molecule has 0 aliphatic carbocycles. The third-order valence-electron chi connectivity index (χ3n) is 3.92. The molecule has 0 radical (unpaired) electrons. The van der Waals surface area contributed by atoms with Gasteiger partial charge in [0.25, 0.3) is 0 Å². The van der Waals surface area contributed by atoms with Gasteiger partial charge in [0.1, 0.15) is 5.82 Å². The lowest BCUT2D eigenvalue weighted by Crippen LogP contribution is -2.02. The second-order valence-corrected chi connectivity index (χ2v) is 6.61. The summed E-state index contributed by atoms with van der Waals surface area (Å²) in [6.45, 7) is 0. The molecule has 0 spiro atoms. The molecule has 132 valence electrons. The third kappa shape index (κ3) is 3.48. The SMILES string of the molecule is N#Cc1ccc(CSc2nnc(-c3ccco3)n2-c2ccccc2F)cc1. The first-order valence-corrected chi connectivity index (χ1v) is 9.11. The summed E-state index contributed by atoms with van der Waals surface area (Å²) in [7, 11) is 0. The van der Waals surface area contributed by atoms with Crippen LogP contribution < -0.4 is 0 Å². The van der Waals surface area contributed by atoms with Crippen molar-refractivity contribution in [3.63, 3.8) is 0 Å². The fourth-order valence-electron chi connectivity index (χ4n) is 2.60. The number of aromatic nitrogens is 3. The van der Waals surface area contributed by atoms with Gasteiger partial charge < -0.3 is 4.42 Å². The number of nitriles is 1. The number of rotatable bonds is 5. The van der Waals surface area contributed by atoms with Crippen molar-refractivity contribution in [2.24, 2.45) is 0 Å². The fourth-order valence-corrected chi connectivity index (χ4v) is 3.50. The quantitative estimate of drug-likeness (QED) is 0.467. The summed E-state index contributed by atoms with van der Waals surface area (Å²) in [6.07, 6.45) is 1.54. The van der Waals surface area contributed by atoms with Crippen LogP contribution in [-0.2, 0) is 5.75 Å². The van der Waals surface area contributed by atoms with Crippen molar-refractivity contribution in [1.29, 1.82) is 5.26 Å². The Morgan fingerprint density at radius 1 is 1.04 bits per heavy atom. The van der Waals surface area contributed by atoms with Gasteiger partial charge in [-0.25, -0.2) is 4.39 Å². The van der Waals surface area contributed by atoms with Crippen molar-refractivity contribution in [2.75, 3.05) is 0 Å². The summed E-state index contributed by atoms with van der Waals surface area (Å²) >= 11 is 1.43. The summed E-state index contributed by atoms with van der Waals surface area (Å²) in [5, 5.41) is 17.9. The Morgan fingerprint density at radius 3 is 2.56 bits per heavy atom.